The molecule has 2 N–H and O–H groups in total. The lowest BCUT2D eigenvalue weighted by Crippen LogP contribution is -2.24. The summed E-state index contributed by atoms with van der Waals surface area (Å²) in [5, 5.41) is 0. The minimum atomic E-state index is -3.20. The summed E-state index contributed by atoms with van der Waals surface area (Å²) in [6, 6.07) is 5.26. The van der Waals surface area contributed by atoms with E-state index in [0.29, 0.717) is 4.90 Å². The fraction of sp³-hybridized carbons (Fsp3) is 0.500. The summed E-state index contributed by atoms with van der Waals surface area (Å²) in [6.07, 6.45) is 4.42. The zero-order chi connectivity index (χ0) is 14.5. The summed E-state index contributed by atoms with van der Waals surface area (Å²) in [7, 11) is -1.23. The van der Waals surface area contributed by atoms with E-state index in [1.165, 1.54) is 6.26 Å². The summed E-state index contributed by atoms with van der Waals surface area (Å²) < 4.78 is 25.3. The van der Waals surface area contributed by atoms with E-state index in [2.05, 4.69) is 4.98 Å². The first-order valence-electron chi connectivity index (χ1n) is 6.80. The molecule has 2 atom stereocenters. The minimum absolute atomic E-state index is 0.153. The van der Waals surface area contributed by atoms with Crippen LogP contribution in [0.2, 0.25) is 0 Å². The highest BCUT2D eigenvalue weighted by Gasteiger charge is 2.29. The van der Waals surface area contributed by atoms with Crippen LogP contribution < -0.4 is 5.73 Å². The molecule has 0 aliphatic heterocycles. The molecule has 1 saturated carbocycles. The maximum atomic E-state index is 11.6. The van der Waals surface area contributed by atoms with Crippen molar-refractivity contribution in [3.63, 3.8) is 0 Å². The first-order chi connectivity index (χ1) is 9.38. The van der Waals surface area contributed by atoms with Crippen molar-refractivity contribution in [2.75, 3.05) is 6.26 Å². The number of rotatable bonds is 2. The molecule has 6 heteroatoms. The normalized spacial score (nSPS) is 23.6. The Kier molecular flexibility index (Phi) is 3.10. The van der Waals surface area contributed by atoms with Crippen LogP contribution in [0.5, 0.6) is 0 Å². The molecule has 1 fully saturated rings. The molecule has 2 unspecified atom stereocenters. The lowest BCUT2D eigenvalue weighted by atomic mass is 10.0. The summed E-state index contributed by atoms with van der Waals surface area (Å²) >= 11 is 0. The lowest BCUT2D eigenvalue weighted by molar-refractivity contribution is 0.565. The van der Waals surface area contributed by atoms with Crippen molar-refractivity contribution < 1.29 is 8.42 Å². The Balaban J connectivity index is 2.14. The van der Waals surface area contributed by atoms with Crippen molar-refractivity contribution in [1.29, 1.82) is 0 Å². The van der Waals surface area contributed by atoms with E-state index in [-0.39, 0.29) is 12.0 Å². The maximum Gasteiger partial charge on any atom is 0.175 e. The van der Waals surface area contributed by atoms with E-state index in [4.69, 9.17) is 5.73 Å². The Hall–Kier alpha value is -1.40. The summed E-state index contributed by atoms with van der Waals surface area (Å²) in [6.45, 7) is 0. The molecular weight excluding hydrogens is 274 g/mol. The van der Waals surface area contributed by atoms with Gasteiger partial charge in [0.2, 0.25) is 0 Å². The van der Waals surface area contributed by atoms with E-state index in [0.717, 1.165) is 36.1 Å². The van der Waals surface area contributed by atoms with Crippen LogP contribution in [0.15, 0.2) is 23.1 Å². The first-order valence-corrected chi connectivity index (χ1v) is 8.69. The van der Waals surface area contributed by atoms with Crippen molar-refractivity contribution >= 4 is 20.9 Å². The SMILES string of the molecule is Cn1c(C2CCCC2N)nc2cc(S(C)(=O)=O)ccc21. The number of imidazole rings is 1. The van der Waals surface area contributed by atoms with Crippen LogP contribution >= 0.6 is 0 Å². The molecule has 2 aromatic rings. The van der Waals surface area contributed by atoms with Crippen molar-refractivity contribution in [2.45, 2.75) is 36.1 Å². The number of nitrogens with zero attached hydrogens (tertiary/aromatic N) is 2. The van der Waals surface area contributed by atoms with Crippen LogP contribution in [0, 0.1) is 0 Å². The van der Waals surface area contributed by atoms with Gasteiger partial charge in [-0.25, -0.2) is 13.4 Å². The van der Waals surface area contributed by atoms with E-state index >= 15 is 0 Å². The number of aromatic nitrogens is 2. The molecule has 20 heavy (non-hydrogen) atoms. The second-order valence-electron chi connectivity index (χ2n) is 5.65. The zero-order valence-corrected chi connectivity index (χ0v) is 12.5. The molecule has 0 bridgehead atoms. The number of sulfone groups is 1. The predicted molar refractivity (Wildman–Crippen MR) is 78.4 cm³/mol. The van der Waals surface area contributed by atoms with E-state index < -0.39 is 9.84 Å². The minimum Gasteiger partial charge on any atom is -0.331 e. The molecule has 5 nitrogen and oxygen atoms in total. The molecule has 1 heterocycles. The molecule has 0 saturated heterocycles. The fourth-order valence-corrected chi connectivity index (χ4v) is 3.71. The molecule has 0 radical (unpaired) electrons. The summed E-state index contributed by atoms with van der Waals surface area (Å²) in [5.74, 6) is 1.24. The number of nitrogens with two attached hydrogens (primary N) is 1. The van der Waals surface area contributed by atoms with Gasteiger partial charge in [-0.3, -0.25) is 0 Å². The molecule has 3 rings (SSSR count). The fourth-order valence-electron chi connectivity index (χ4n) is 3.07. The number of fused-ring (bicyclic) bond motifs is 1. The Morgan fingerprint density at radius 1 is 1.35 bits per heavy atom. The van der Waals surface area contributed by atoms with Crippen LogP contribution in [0.1, 0.15) is 31.0 Å². The Bertz CT molecular complexity index is 764. The molecule has 0 spiro atoms. The Morgan fingerprint density at radius 3 is 2.70 bits per heavy atom. The van der Waals surface area contributed by atoms with Crippen LogP contribution in [0.4, 0.5) is 0 Å². The third-order valence-corrected chi connectivity index (χ3v) is 5.33. The average Bonchev–Trinajstić information content (AvgIpc) is 2.92. The highest BCUT2D eigenvalue weighted by atomic mass is 32.2. The van der Waals surface area contributed by atoms with Crippen LogP contribution in [-0.4, -0.2) is 30.3 Å². The van der Waals surface area contributed by atoms with Gasteiger partial charge in [-0.1, -0.05) is 6.42 Å². The van der Waals surface area contributed by atoms with E-state index in [1.807, 2.05) is 17.7 Å². The highest BCUT2D eigenvalue weighted by molar-refractivity contribution is 7.90. The maximum absolute atomic E-state index is 11.6. The van der Waals surface area contributed by atoms with E-state index in [9.17, 15) is 8.42 Å². The average molecular weight is 293 g/mol. The lowest BCUT2D eigenvalue weighted by Gasteiger charge is -2.14. The molecule has 1 aliphatic carbocycles. The molecule has 1 aromatic carbocycles. The van der Waals surface area contributed by atoms with Crippen LogP contribution in [0.3, 0.4) is 0 Å². The summed E-state index contributed by atoms with van der Waals surface area (Å²) in [5.41, 5.74) is 7.83. The van der Waals surface area contributed by atoms with Crippen LogP contribution in [-0.2, 0) is 16.9 Å². The van der Waals surface area contributed by atoms with Gasteiger partial charge in [-0.15, -0.1) is 0 Å². The number of aryl methyl sites for hydroxylation is 1. The zero-order valence-electron chi connectivity index (χ0n) is 11.7. The Labute approximate surface area is 118 Å². The topological polar surface area (TPSA) is 78.0 Å². The van der Waals surface area contributed by atoms with Crippen molar-refractivity contribution in [2.24, 2.45) is 12.8 Å². The second kappa shape index (κ2) is 4.56. The number of benzene rings is 1. The third-order valence-electron chi connectivity index (χ3n) is 4.22. The standard InChI is InChI=1S/C14H19N3O2S/c1-17-13-7-6-9(20(2,18)19)8-12(13)16-14(17)10-4-3-5-11(10)15/h6-8,10-11H,3-5,15H2,1-2H3. The van der Waals surface area contributed by atoms with Crippen LogP contribution in [0.25, 0.3) is 11.0 Å². The molecule has 1 aliphatic rings. The molecule has 1 aromatic heterocycles. The monoisotopic (exact) mass is 293 g/mol. The first kappa shape index (κ1) is 13.6. The van der Waals surface area contributed by atoms with Gasteiger partial charge in [0.15, 0.2) is 9.84 Å². The summed E-state index contributed by atoms with van der Waals surface area (Å²) in [4.78, 5) is 4.95. The van der Waals surface area contributed by atoms with Gasteiger partial charge < -0.3 is 10.3 Å². The molecule has 0 amide bonds. The highest BCUT2D eigenvalue weighted by Crippen LogP contribution is 2.34. The van der Waals surface area contributed by atoms with Gasteiger partial charge in [0, 0.05) is 25.3 Å². The van der Waals surface area contributed by atoms with Gasteiger partial charge in [-0.2, -0.15) is 0 Å². The molecule has 108 valence electrons. The van der Waals surface area contributed by atoms with Gasteiger partial charge in [0.1, 0.15) is 5.82 Å². The smallest absolute Gasteiger partial charge is 0.175 e. The van der Waals surface area contributed by atoms with Gasteiger partial charge in [-0.05, 0) is 31.0 Å². The van der Waals surface area contributed by atoms with Gasteiger partial charge in [0.25, 0.3) is 0 Å². The molecular formula is C14H19N3O2S. The van der Waals surface area contributed by atoms with Crippen molar-refractivity contribution in [1.82, 2.24) is 9.55 Å². The second-order valence-corrected chi connectivity index (χ2v) is 7.67. The quantitative estimate of drug-likeness (QED) is 0.911. The predicted octanol–water partition coefficient (Wildman–Crippen LogP) is 1.57. The number of hydrogen-bond donors (Lipinski definition) is 1. The largest absolute Gasteiger partial charge is 0.331 e. The third kappa shape index (κ3) is 2.13. The number of hydrogen-bond acceptors (Lipinski definition) is 4. The Morgan fingerprint density at radius 2 is 2.10 bits per heavy atom. The van der Waals surface area contributed by atoms with E-state index in [1.54, 1.807) is 12.1 Å². The van der Waals surface area contributed by atoms with Crippen molar-refractivity contribution in [3.8, 4) is 0 Å². The van der Waals surface area contributed by atoms with Gasteiger partial charge in [0.05, 0.1) is 15.9 Å². The van der Waals surface area contributed by atoms with Gasteiger partial charge >= 0.3 is 0 Å². The van der Waals surface area contributed by atoms with Crippen molar-refractivity contribution in [3.05, 3.63) is 24.0 Å².